The number of likely N-dealkylation sites (tertiary alicyclic amines) is 1. The minimum absolute atomic E-state index is 0.373. The number of furan rings is 1. The lowest BCUT2D eigenvalue weighted by molar-refractivity contribution is 0.212. The third-order valence-corrected chi connectivity index (χ3v) is 4.06. The topological polar surface area (TPSA) is 73.1 Å². The predicted molar refractivity (Wildman–Crippen MR) is 77.6 cm³/mol. The van der Waals surface area contributed by atoms with E-state index in [0.717, 1.165) is 18.5 Å². The molecule has 22 heavy (non-hydrogen) atoms. The van der Waals surface area contributed by atoms with E-state index in [4.69, 9.17) is 8.94 Å². The van der Waals surface area contributed by atoms with Crippen molar-refractivity contribution in [2.75, 3.05) is 6.54 Å². The maximum Gasteiger partial charge on any atom is 0.241 e. The Bertz CT molecular complexity index is 746. The zero-order valence-corrected chi connectivity index (χ0v) is 12.3. The molecule has 1 fully saturated rings. The van der Waals surface area contributed by atoms with Crippen LogP contribution >= 0.6 is 0 Å². The molecule has 0 unspecified atom stereocenters. The van der Waals surface area contributed by atoms with Gasteiger partial charge in [0.25, 0.3) is 0 Å². The molecule has 0 N–H and O–H groups in total. The first-order valence-electron chi connectivity index (χ1n) is 7.37. The zero-order valence-electron chi connectivity index (χ0n) is 12.3. The van der Waals surface area contributed by atoms with Gasteiger partial charge >= 0.3 is 0 Å². The van der Waals surface area contributed by atoms with Crippen molar-refractivity contribution in [1.29, 1.82) is 0 Å². The third kappa shape index (κ3) is 2.43. The highest BCUT2D eigenvalue weighted by Gasteiger charge is 2.28. The van der Waals surface area contributed by atoms with Gasteiger partial charge in [-0.25, -0.2) is 0 Å². The molecule has 3 aromatic rings. The number of nitrogens with zero attached hydrogens (tertiary/aromatic N) is 5. The van der Waals surface area contributed by atoms with Crippen LogP contribution in [0.2, 0.25) is 0 Å². The summed E-state index contributed by atoms with van der Waals surface area (Å²) in [6.07, 6.45) is 9.53. The van der Waals surface area contributed by atoms with Crippen LogP contribution in [0.5, 0.6) is 0 Å². The van der Waals surface area contributed by atoms with Gasteiger partial charge in [0, 0.05) is 24.8 Å². The van der Waals surface area contributed by atoms with Crippen molar-refractivity contribution in [3.63, 3.8) is 0 Å². The highest BCUT2D eigenvalue weighted by atomic mass is 16.5. The van der Waals surface area contributed by atoms with E-state index in [1.165, 1.54) is 12.0 Å². The SMILES string of the molecule is Cn1cc([C@@H]2CCCN2Cc2nc(-c3ccoc3)no2)cn1. The maximum atomic E-state index is 5.37. The lowest BCUT2D eigenvalue weighted by atomic mass is 10.1. The Morgan fingerprint density at radius 2 is 2.36 bits per heavy atom. The van der Waals surface area contributed by atoms with Crippen molar-refractivity contribution < 1.29 is 8.94 Å². The van der Waals surface area contributed by atoms with E-state index < -0.39 is 0 Å². The molecule has 1 saturated heterocycles. The summed E-state index contributed by atoms with van der Waals surface area (Å²) in [6, 6.07) is 2.20. The van der Waals surface area contributed by atoms with E-state index in [9.17, 15) is 0 Å². The number of rotatable bonds is 4. The van der Waals surface area contributed by atoms with Crippen LogP contribution in [-0.2, 0) is 13.6 Å². The number of aromatic nitrogens is 4. The Kier molecular flexibility index (Phi) is 3.27. The van der Waals surface area contributed by atoms with Crippen molar-refractivity contribution in [3.05, 3.63) is 42.4 Å². The Hall–Kier alpha value is -2.41. The van der Waals surface area contributed by atoms with E-state index in [2.05, 4.69) is 26.3 Å². The molecule has 7 heteroatoms. The molecule has 7 nitrogen and oxygen atoms in total. The molecule has 0 radical (unpaired) electrons. The Labute approximate surface area is 127 Å². The van der Waals surface area contributed by atoms with Crippen molar-refractivity contribution in [2.45, 2.75) is 25.4 Å². The van der Waals surface area contributed by atoms with Crippen LogP contribution in [-0.4, -0.2) is 31.4 Å². The molecule has 0 amide bonds. The summed E-state index contributed by atoms with van der Waals surface area (Å²) in [5.74, 6) is 1.20. The van der Waals surface area contributed by atoms with Gasteiger partial charge in [0.15, 0.2) is 0 Å². The summed E-state index contributed by atoms with van der Waals surface area (Å²) in [7, 11) is 1.94. The fraction of sp³-hybridized carbons (Fsp3) is 0.400. The van der Waals surface area contributed by atoms with Gasteiger partial charge in [-0.05, 0) is 25.5 Å². The Morgan fingerprint density at radius 1 is 1.41 bits per heavy atom. The van der Waals surface area contributed by atoms with Crippen molar-refractivity contribution >= 4 is 0 Å². The summed E-state index contributed by atoms with van der Waals surface area (Å²) in [4.78, 5) is 6.81. The lowest BCUT2D eigenvalue weighted by Crippen LogP contribution is -2.22. The highest BCUT2D eigenvalue weighted by Crippen LogP contribution is 2.32. The van der Waals surface area contributed by atoms with E-state index in [0.29, 0.717) is 24.3 Å². The monoisotopic (exact) mass is 299 g/mol. The molecular weight excluding hydrogens is 282 g/mol. The van der Waals surface area contributed by atoms with Crippen molar-refractivity contribution in [2.24, 2.45) is 7.05 Å². The zero-order chi connectivity index (χ0) is 14.9. The number of aryl methyl sites for hydroxylation is 1. The lowest BCUT2D eigenvalue weighted by Gasteiger charge is -2.21. The summed E-state index contributed by atoms with van der Waals surface area (Å²) in [6.45, 7) is 1.69. The quantitative estimate of drug-likeness (QED) is 0.736. The average molecular weight is 299 g/mol. The van der Waals surface area contributed by atoms with Crippen LogP contribution in [0.25, 0.3) is 11.4 Å². The summed E-state index contributed by atoms with van der Waals surface area (Å²) < 4.78 is 12.3. The first-order chi connectivity index (χ1) is 10.8. The van der Waals surface area contributed by atoms with Crippen molar-refractivity contribution in [1.82, 2.24) is 24.8 Å². The molecule has 114 valence electrons. The Morgan fingerprint density at radius 3 is 3.14 bits per heavy atom. The first kappa shape index (κ1) is 13.3. The maximum absolute atomic E-state index is 5.37. The predicted octanol–water partition coefficient (Wildman–Crippen LogP) is 2.40. The van der Waals surface area contributed by atoms with E-state index in [1.54, 1.807) is 12.5 Å². The molecule has 0 aromatic carbocycles. The van der Waals surface area contributed by atoms with E-state index in [-0.39, 0.29) is 0 Å². The van der Waals surface area contributed by atoms with Crippen LogP contribution < -0.4 is 0 Å². The molecule has 0 aliphatic carbocycles. The molecule has 0 saturated carbocycles. The fourth-order valence-corrected chi connectivity index (χ4v) is 3.01. The Balaban J connectivity index is 1.50. The largest absolute Gasteiger partial charge is 0.472 e. The van der Waals surface area contributed by atoms with Crippen molar-refractivity contribution in [3.8, 4) is 11.4 Å². The third-order valence-electron chi connectivity index (χ3n) is 4.06. The van der Waals surface area contributed by atoms with Crippen LogP contribution in [0.1, 0.15) is 30.3 Å². The second-order valence-corrected chi connectivity index (χ2v) is 5.60. The van der Waals surface area contributed by atoms with E-state index in [1.807, 2.05) is 24.0 Å². The highest BCUT2D eigenvalue weighted by molar-refractivity contribution is 5.51. The van der Waals surface area contributed by atoms with Gasteiger partial charge in [-0.3, -0.25) is 9.58 Å². The summed E-state index contributed by atoms with van der Waals surface area (Å²) >= 11 is 0. The van der Waals surface area contributed by atoms with Crippen LogP contribution in [0.3, 0.4) is 0 Å². The van der Waals surface area contributed by atoms with Crippen LogP contribution in [0.4, 0.5) is 0 Å². The average Bonchev–Trinajstić information content (AvgIpc) is 3.26. The molecule has 0 bridgehead atoms. The smallest absolute Gasteiger partial charge is 0.241 e. The van der Waals surface area contributed by atoms with E-state index >= 15 is 0 Å². The van der Waals surface area contributed by atoms with Gasteiger partial charge in [-0.1, -0.05) is 5.16 Å². The number of hydrogen-bond acceptors (Lipinski definition) is 6. The molecule has 1 aliphatic rings. The molecular formula is C15H17N5O2. The van der Waals surface area contributed by atoms with Gasteiger partial charge in [0.1, 0.15) is 6.26 Å². The molecule has 4 heterocycles. The van der Waals surface area contributed by atoms with Gasteiger partial charge in [-0.15, -0.1) is 0 Å². The molecule has 4 rings (SSSR count). The van der Waals surface area contributed by atoms with Crippen LogP contribution in [0, 0.1) is 0 Å². The molecule has 1 aliphatic heterocycles. The first-order valence-corrected chi connectivity index (χ1v) is 7.37. The molecule has 1 atom stereocenters. The minimum Gasteiger partial charge on any atom is -0.472 e. The number of hydrogen-bond donors (Lipinski definition) is 0. The second kappa shape index (κ2) is 5.42. The second-order valence-electron chi connectivity index (χ2n) is 5.60. The molecule has 0 spiro atoms. The normalized spacial score (nSPS) is 19.0. The van der Waals surface area contributed by atoms with Gasteiger partial charge in [0.2, 0.25) is 11.7 Å². The minimum atomic E-state index is 0.373. The van der Waals surface area contributed by atoms with Gasteiger partial charge in [0.05, 0.1) is 24.6 Å². The summed E-state index contributed by atoms with van der Waals surface area (Å²) in [5.41, 5.74) is 2.08. The standard InChI is InChI=1S/C15H17N5O2/c1-19-8-12(7-16-19)13-3-2-5-20(13)9-14-17-15(18-22-14)11-4-6-21-10-11/h4,6-8,10,13H,2-3,5,9H2,1H3/t13-/m0/s1. The van der Waals surface area contributed by atoms with Crippen LogP contribution in [0.15, 0.2) is 39.9 Å². The van der Waals surface area contributed by atoms with Gasteiger partial charge < -0.3 is 8.94 Å². The summed E-state index contributed by atoms with van der Waals surface area (Å²) in [5, 5.41) is 8.28. The molecule has 3 aromatic heterocycles. The fourth-order valence-electron chi connectivity index (χ4n) is 3.01. The van der Waals surface area contributed by atoms with Gasteiger partial charge in [-0.2, -0.15) is 10.1 Å².